The summed E-state index contributed by atoms with van der Waals surface area (Å²) in [6.07, 6.45) is 0.768. The SMILES string of the molecule is CC(=O)Oc1ccccc1Cc1ccc(C)cc1. The largest absolute Gasteiger partial charge is 0.426 e. The Morgan fingerprint density at radius 3 is 2.39 bits per heavy atom. The number of hydrogen-bond donors (Lipinski definition) is 0. The van der Waals surface area contributed by atoms with Crippen molar-refractivity contribution < 1.29 is 9.53 Å². The molecule has 2 nitrogen and oxygen atoms in total. The second kappa shape index (κ2) is 5.50. The molecule has 0 unspecified atom stereocenters. The summed E-state index contributed by atoms with van der Waals surface area (Å²) in [5.74, 6) is 0.358. The lowest BCUT2D eigenvalue weighted by Gasteiger charge is -2.08. The lowest BCUT2D eigenvalue weighted by molar-refractivity contribution is -0.131. The van der Waals surface area contributed by atoms with Crippen molar-refractivity contribution in [3.8, 4) is 5.75 Å². The van der Waals surface area contributed by atoms with E-state index in [-0.39, 0.29) is 5.97 Å². The number of rotatable bonds is 3. The van der Waals surface area contributed by atoms with Crippen LogP contribution in [0.15, 0.2) is 48.5 Å². The molecule has 0 saturated carbocycles. The molecule has 2 aromatic rings. The number of aryl methyl sites for hydroxylation is 1. The number of benzene rings is 2. The maximum absolute atomic E-state index is 11.0. The van der Waals surface area contributed by atoms with Crippen molar-refractivity contribution in [3.05, 3.63) is 65.2 Å². The van der Waals surface area contributed by atoms with E-state index in [0.29, 0.717) is 5.75 Å². The lowest BCUT2D eigenvalue weighted by atomic mass is 10.0. The molecule has 2 rings (SSSR count). The molecule has 0 N–H and O–H groups in total. The predicted octanol–water partition coefficient (Wildman–Crippen LogP) is 3.51. The standard InChI is InChI=1S/C16H16O2/c1-12-7-9-14(10-8-12)11-15-5-3-4-6-16(15)18-13(2)17/h3-10H,11H2,1-2H3. The third kappa shape index (κ3) is 3.20. The molecule has 0 aliphatic heterocycles. The van der Waals surface area contributed by atoms with E-state index >= 15 is 0 Å². The van der Waals surface area contributed by atoms with Crippen LogP contribution in [0.3, 0.4) is 0 Å². The smallest absolute Gasteiger partial charge is 0.308 e. The highest BCUT2D eigenvalue weighted by Crippen LogP contribution is 2.21. The van der Waals surface area contributed by atoms with Crippen LogP contribution in [0.4, 0.5) is 0 Å². The molecule has 0 heterocycles. The molecule has 0 amide bonds. The second-order valence-electron chi connectivity index (χ2n) is 4.36. The molecule has 0 fully saturated rings. The van der Waals surface area contributed by atoms with Gasteiger partial charge in [-0.15, -0.1) is 0 Å². The summed E-state index contributed by atoms with van der Waals surface area (Å²) < 4.78 is 5.20. The van der Waals surface area contributed by atoms with E-state index in [1.807, 2.05) is 24.3 Å². The fraction of sp³-hybridized carbons (Fsp3) is 0.188. The molecule has 0 aliphatic rings. The quantitative estimate of drug-likeness (QED) is 0.606. The Morgan fingerprint density at radius 2 is 1.72 bits per heavy atom. The fourth-order valence-electron chi connectivity index (χ4n) is 1.83. The molecule has 0 atom stereocenters. The zero-order valence-electron chi connectivity index (χ0n) is 10.6. The van der Waals surface area contributed by atoms with Crippen LogP contribution >= 0.6 is 0 Å². The Bertz CT molecular complexity index is 541. The first kappa shape index (κ1) is 12.4. The van der Waals surface area contributed by atoms with Crippen molar-refractivity contribution in [1.82, 2.24) is 0 Å². The first-order chi connectivity index (χ1) is 8.65. The van der Waals surface area contributed by atoms with Crippen molar-refractivity contribution in [1.29, 1.82) is 0 Å². The van der Waals surface area contributed by atoms with Crippen LogP contribution in [0.5, 0.6) is 5.75 Å². The Kier molecular flexibility index (Phi) is 3.78. The van der Waals surface area contributed by atoms with Crippen molar-refractivity contribution in [2.24, 2.45) is 0 Å². The molecule has 0 saturated heterocycles. The summed E-state index contributed by atoms with van der Waals surface area (Å²) in [4.78, 5) is 11.0. The van der Waals surface area contributed by atoms with Gasteiger partial charge in [0, 0.05) is 13.3 Å². The molecular weight excluding hydrogens is 224 g/mol. The van der Waals surface area contributed by atoms with Gasteiger partial charge in [0.05, 0.1) is 0 Å². The lowest BCUT2D eigenvalue weighted by Crippen LogP contribution is -2.04. The number of ether oxygens (including phenoxy) is 1. The first-order valence-electron chi connectivity index (χ1n) is 5.97. The van der Waals surface area contributed by atoms with Gasteiger partial charge in [0.15, 0.2) is 0 Å². The molecule has 0 aromatic heterocycles. The Hall–Kier alpha value is -2.09. The minimum absolute atomic E-state index is 0.286. The first-order valence-corrected chi connectivity index (χ1v) is 5.97. The topological polar surface area (TPSA) is 26.3 Å². The summed E-state index contributed by atoms with van der Waals surface area (Å²) in [6, 6.07) is 16.0. The molecule has 0 bridgehead atoms. The number of hydrogen-bond acceptors (Lipinski definition) is 2. The van der Waals surface area contributed by atoms with Crippen LogP contribution in [-0.4, -0.2) is 5.97 Å². The molecule has 0 aliphatic carbocycles. The molecular formula is C16H16O2. The summed E-state index contributed by atoms with van der Waals surface area (Å²) in [5, 5.41) is 0. The second-order valence-corrected chi connectivity index (χ2v) is 4.36. The van der Waals surface area contributed by atoms with Gasteiger partial charge < -0.3 is 4.74 Å². The number of esters is 1. The van der Waals surface area contributed by atoms with Crippen molar-refractivity contribution >= 4 is 5.97 Å². The van der Waals surface area contributed by atoms with E-state index in [0.717, 1.165) is 12.0 Å². The van der Waals surface area contributed by atoms with Crippen LogP contribution in [0.1, 0.15) is 23.6 Å². The van der Waals surface area contributed by atoms with E-state index in [1.165, 1.54) is 18.1 Å². The molecule has 0 radical (unpaired) electrons. The van der Waals surface area contributed by atoms with Gasteiger partial charge in [-0.1, -0.05) is 48.0 Å². The number of carbonyl (C=O) groups excluding carboxylic acids is 1. The maximum atomic E-state index is 11.0. The van der Waals surface area contributed by atoms with Crippen LogP contribution in [0.2, 0.25) is 0 Å². The van der Waals surface area contributed by atoms with Crippen LogP contribution in [-0.2, 0) is 11.2 Å². The van der Waals surface area contributed by atoms with Gasteiger partial charge in [0.2, 0.25) is 0 Å². The van der Waals surface area contributed by atoms with E-state index in [9.17, 15) is 4.79 Å². The van der Waals surface area contributed by atoms with Crippen molar-refractivity contribution in [3.63, 3.8) is 0 Å². The van der Waals surface area contributed by atoms with Gasteiger partial charge in [-0.25, -0.2) is 0 Å². The zero-order chi connectivity index (χ0) is 13.0. The van der Waals surface area contributed by atoms with Crippen LogP contribution in [0, 0.1) is 6.92 Å². The summed E-state index contributed by atoms with van der Waals surface area (Å²) in [7, 11) is 0. The molecule has 2 aromatic carbocycles. The summed E-state index contributed by atoms with van der Waals surface area (Å²) in [5.41, 5.74) is 3.48. The van der Waals surface area contributed by atoms with Crippen LogP contribution in [0.25, 0.3) is 0 Å². The van der Waals surface area contributed by atoms with Gasteiger partial charge in [-0.05, 0) is 24.1 Å². The molecule has 92 valence electrons. The van der Waals surface area contributed by atoms with E-state index in [2.05, 4.69) is 31.2 Å². The number of para-hydroxylation sites is 1. The highest BCUT2D eigenvalue weighted by molar-refractivity contribution is 5.69. The number of carbonyl (C=O) groups is 1. The van der Waals surface area contributed by atoms with E-state index in [4.69, 9.17) is 4.74 Å². The summed E-state index contributed by atoms with van der Waals surface area (Å²) in [6.45, 7) is 3.49. The minimum atomic E-state index is -0.286. The monoisotopic (exact) mass is 240 g/mol. The molecule has 18 heavy (non-hydrogen) atoms. The van der Waals surface area contributed by atoms with Crippen LogP contribution < -0.4 is 4.74 Å². The Labute approximate surface area is 107 Å². The zero-order valence-corrected chi connectivity index (χ0v) is 10.6. The minimum Gasteiger partial charge on any atom is -0.426 e. The van der Waals surface area contributed by atoms with Gasteiger partial charge in [0.1, 0.15) is 5.75 Å². The highest BCUT2D eigenvalue weighted by atomic mass is 16.5. The average molecular weight is 240 g/mol. The average Bonchev–Trinajstić information content (AvgIpc) is 2.34. The fourth-order valence-corrected chi connectivity index (χ4v) is 1.83. The maximum Gasteiger partial charge on any atom is 0.308 e. The van der Waals surface area contributed by atoms with Gasteiger partial charge in [-0.2, -0.15) is 0 Å². The highest BCUT2D eigenvalue weighted by Gasteiger charge is 2.06. The summed E-state index contributed by atoms with van der Waals surface area (Å²) >= 11 is 0. The third-order valence-electron chi connectivity index (χ3n) is 2.74. The van der Waals surface area contributed by atoms with Gasteiger partial charge >= 0.3 is 5.97 Å². The van der Waals surface area contributed by atoms with E-state index < -0.39 is 0 Å². The van der Waals surface area contributed by atoms with Gasteiger partial charge in [-0.3, -0.25) is 4.79 Å². The van der Waals surface area contributed by atoms with Crippen molar-refractivity contribution in [2.75, 3.05) is 0 Å². The molecule has 2 heteroatoms. The Morgan fingerprint density at radius 1 is 1.06 bits per heavy atom. The van der Waals surface area contributed by atoms with Gasteiger partial charge in [0.25, 0.3) is 0 Å². The molecule has 0 spiro atoms. The van der Waals surface area contributed by atoms with E-state index in [1.54, 1.807) is 0 Å². The predicted molar refractivity (Wildman–Crippen MR) is 71.7 cm³/mol. The third-order valence-corrected chi connectivity index (χ3v) is 2.74. The van der Waals surface area contributed by atoms with Crippen molar-refractivity contribution in [2.45, 2.75) is 20.3 Å². The normalized spacial score (nSPS) is 10.1. The Balaban J connectivity index is 2.23.